The van der Waals surface area contributed by atoms with Crippen molar-refractivity contribution >= 4 is 21.4 Å². The first-order valence-electron chi connectivity index (χ1n) is 9.64. The number of carbonyl (C=O) groups is 1. The summed E-state index contributed by atoms with van der Waals surface area (Å²) in [6, 6.07) is 9.86. The van der Waals surface area contributed by atoms with Crippen molar-refractivity contribution in [3.05, 3.63) is 47.3 Å². The van der Waals surface area contributed by atoms with E-state index in [1.807, 2.05) is 33.8 Å². The van der Waals surface area contributed by atoms with Gasteiger partial charge in [-0.1, -0.05) is 18.2 Å². The summed E-state index contributed by atoms with van der Waals surface area (Å²) in [7, 11) is -3.00. The number of aromatic nitrogens is 2. The Kier molecular flexibility index (Phi) is 3.73. The lowest BCUT2D eigenvalue weighted by Gasteiger charge is -2.21. The van der Waals surface area contributed by atoms with Crippen molar-refractivity contribution in [3.8, 4) is 0 Å². The Hall–Kier alpha value is -2.15. The van der Waals surface area contributed by atoms with Gasteiger partial charge in [-0.2, -0.15) is 5.10 Å². The minimum atomic E-state index is -3.00. The molecule has 5 rings (SSSR count). The monoisotopic (exact) mass is 385 g/mol. The predicted molar refractivity (Wildman–Crippen MR) is 103 cm³/mol. The molecular formula is C20H23N3O3S. The average molecular weight is 385 g/mol. The second-order valence-corrected chi connectivity index (χ2v) is 10.3. The van der Waals surface area contributed by atoms with Gasteiger partial charge in [-0.25, -0.2) is 8.42 Å². The van der Waals surface area contributed by atoms with Crippen molar-refractivity contribution in [2.24, 2.45) is 0 Å². The first kappa shape index (κ1) is 17.0. The number of hydrogen-bond donors (Lipinski definition) is 0. The van der Waals surface area contributed by atoms with Crippen LogP contribution < -0.4 is 4.90 Å². The molecule has 3 aliphatic rings. The van der Waals surface area contributed by atoms with E-state index in [0.717, 1.165) is 30.6 Å². The summed E-state index contributed by atoms with van der Waals surface area (Å²) in [5.41, 5.74) is 3.60. The molecule has 2 aliphatic heterocycles. The van der Waals surface area contributed by atoms with Gasteiger partial charge >= 0.3 is 0 Å². The molecule has 0 bridgehead atoms. The Bertz CT molecular complexity index is 1020. The van der Waals surface area contributed by atoms with Crippen molar-refractivity contribution in [3.63, 3.8) is 0 Å². The van der Waals surface area contributed by atoms with E-state index in [-0.39, 0.29) is 29.5 Å². The van der Waals surface area contributed by atoms with Gasteiger partial charge in [0.25, 0.3) is 5.91 Å². The number of sulfone groups is 1. The quantitative estimate of drug-likeness (QED) is 0.814. The highest BCUT2D eigenvalue weighted by atomic mass is 32.2. The molecule has 1 aromatic heterocycles. The molecule has 1 aromatic carbocycles. The molecule has 0 spiro atoms. The molecule has 142 valence electrons. The molecule has 2 aromatic rings. The van der Waals surface area contributed by atoms with Gasteiger partial charge in [0, 0.05) is 23.3 Å². The molecule has 0 radical (unpaired) electrons. The first-order chi connectivity index (χ1) is 12.9. The molecule has 2 unspecified atom stereocenters. The predicted octanol–water partition coefficient (Wildman–Crippen LogP) is 2.71. The van der Waals surface area contributed by atoms with E-state index in [2.05, 4.69) is 18.1 Å². The Labute approximate surface area is 159 Å². The van der Waals surface area contributed by atoms with Crippen LogP contribution in [0.1, 0.15) is 59.9 Å². The Morgan fingerprint density at radius 3 is 2.67 bits per heavy atom. The fourth-order valence-corrected chi connectivity index (χ4v) is 6.15. The molecule has 1 amide bonds. The normalized spacial score (nSPS) is 26.3. The number of nitrogens with zero attached hydrogens (tertiary/aromatic N) is 3. The van der Waals surface area contributed by atoms with Crippen molar-refractivity contribution < 1.29 is 13.2 Å². The molecule has 2 atom stereocenters. The van der Waals surface area contributed by atoms with E-state index < -0.39 is 9.84 Å². The van der Waals surface area contributed by atoms with Crippen LogP contribution in [0.15, 0.2) is 30.3 Å². The molecule has 1 saturated heterocycles. The van der Waals surface area contributed by atoms with Gasteiger partial charge < -0.3 is 4.90 Å². The van der Waals surface area contributed by atoms with Crippen molar-refractivity contribution in [2.45, 2.75) is 50.6 Å². The van der Waals surface area contributed by atoms with Crippen LogP contribution >= 0.6 is 0 Å². The van der Waals surface area contributed by atoms with Gasteiger partial charge in [-0.3, -0.25) is 9.48 Å². The molecular weight excluding hydrogens is 362 g/mol. The number of fused-ring (bicyclic) bond motifs is 1. The van der Waals surface area contributed by atoms with Gasteiger partial charge in [-0.05, 0) is 50.3 Å². The molecule has 1 aliphatic carbocycles. The standard InChI is InChI=1S/C20H23N3O3S/c1-13-10-15-4-2-3-5-18(15)22(13)20(24)17-11-19(14-6-7-14)23(21-17)16-8-9-27(25,26)12-16/h2-5,11,13-14,16H,6-10,12H2,1H3. The van der Waals surface area contributed by atoms with Crippen LogP contribution in [0.4, 0.5) is 5.69 Å². The lowest BCUT2D eigenvalue weighted by molar-refractivity contribution is 0.0975. The van der Waals surface area contributed by atoms with Crippen LogP contribution in [0.2, 0.25) is 0 Å². The minimum absolute atomic E-state index is 0.0889. The Morgan fingerprint density at radius 1 is 1.19 bits per heavy atom. The maximum absolute atomic E-state index is 13.3. The molecule has 7 heteroatoms. The van der Waals surface area contributed by atoms with E-state index in [4.69, 9.17) is 0 Å². The zero-order valence-electron chi connectivity index (χ0n) is 15.3. The highest BCUT2D eigenvalue weighted by Crippen LogP contribution is 2.42. The summed E-state index contributed by atoms with van der Waals surface area (Å²) in [5.74, 6) is 0.659. The maximum atomic E-state index is 13.3. The minimum Gasteiger partial charge on any atom is -0.304 e. The third kappa shape index (κ3) is 2.88. The average Bonchev–Trinajstić information content (AvgIpc) is 3.13. The van der Waals surface area contributed by atoms with Gasteiger partial charge in [0.05, 0.1) is 17.5 Å². The molecule has 1 saturated carbocycles. The fourth-order valence-electron chi connectivity index (χ4n) is 4.46. The SMILES string of the molecule is CC1Cc2ccccc2N1C(=O)c1cc(C2CC2)n(C2CCS(=O)(=O)C2)n1. The summed E-state index contributed by atoms with van der Waals surface area (Å²) >= 11 is 0. The number of amides is 1. The number of carbonyl (C=O) groups excluding carboxylic acids is 1. The highest BCUT2D eigenvalue weighted by Gasteiger charge is 2.38. The van der Waals surface area contributed by atoms with Crippen LogP contribution in [0.25, 0.3) is 0 Å². The number of anilines is 1. The molecule has 2 fully saturated rings. The smallest absolute Gasteiger partial charge is 0.279 e. The molecule has 0 N–H and O–H groups in total. The molecule has 3 heterocycles. The summed E-state index contributed by atoms with van der Waals surface area (Å²) in [6.45, 7) is 2.06. The van der Waals surface area contributed by atoms with Crippen LogP contribution in [-0.4, -0.2) is 41.7 Å². The van der Waals surface area contributed by atoms with Crippen LogP contribution in [0, 0.1) is 0 Å². The second-order valence-electron chi connectivity index (χ2n) is 8.09. The summed E-state index contributed by atoms with van der Waals surface area (Å²) in [4.78, 5) is 15.1. The number of benzene rings is 1. The molecule has 27 heavy (non-hydrogen) atoms. The largest absolute Gasteiger partial charge is 0.304 e. The summed E-state index contributed by atoms with van der Waals surface area (Å²) in [6.07, 6.45) is 3.60. The Balaban J connectivity index is 1.51. The van der Waals surface area contributed by atoms with Gasteiger partial charge in [0.15, 0.2) is 15.5 Å². The van der Waals surface area contributed by atoms with E-state index in [0.29, 0.717) is 18.0 Å². The van der Waals surface area contributed by atoms with Gasteiger partial charge in [0.2, 0.25) is 0 Å². The van der Waals surface area contributed by atoms with E-state index in [1.165, 1.54) is 5.56 Å². The fraction of sp³-hybridized carbons (Fsp3) is 0.500. The van der Waals surface area contributed by atoms with E-state index in [1.54, 1.807) is 0 Å². The zero-order chi connectivity index (χ0) is 18.8. The van der Waals surface area contributed by atoms with Gasteiger partial charge in [-0.15, -0.1) is 0 Å². The van der Waals surface area contributed by atoms with Crippen molar-refractivity contribution in [2.75, 3.05) is 16.4 Å². The van der Waals surface area contributed by atoms with Crippen molar-refractivity contribution in [1.82, 2.24) is 9.78 Å². The van der Waals surface area contributed by atoms with Crippen molar-refractivity contribution in [1.29, 1.82) is 0 Å². The first-order valence-corrected chi connectivity index (χ1v) is 11.5. The van der Waals surface area contributed by atoms with Crippen LogP contribution in [0.5, 0.6) is 0 Å². The van der Waals surface area contributed by atoms with Gasteiger partial charge in [0.1, 0.15) is 0 Å². The third-order valence-corrected chi connectivity index (χ3v) is 7.71. The Morgan fingerprint density at radius 2 is 1.96 bits per heavy atom. The summed E-state index contributed by atoms with van der Waals surface area (Å²) in [5, 5.41) is 4.63. The number of rotatable bonds is 3. The lowest BCUT2D eigenvalue weighted by Crippen LogP contribution is -2.36. The second kappa shape index (κ2) is 5.92. The topological polar surface area (TPSA) is 72.3 Å². The van der Waals surface area contributed by atoms with E-state index >= 15 is 0 Å². The number of hydrogen-bond acceptors (Lipinski definition) is 4. The highest BCUT2D eigenvalue weighted by molar-refractivity contribution is 7.91. The molecule has 6 nitrogen and oxygen atoms in total. The summed E-state index contributed by atoms with van der Waals surface area (Å²) < 4.78 is 25.7. The van der Waals surface area contributed by atoms with E-state index in [9.17, 15) is 13.2 Å². The van der Waals surface area contributed by atoms with Crippen LogP contribution in [0.3, 0.4) is 0 Å². The zero-order valence-corrected chi connectivity index (χ0v) is 16.2. The lowest BCUT2D eigenvalue weighted by atomic mass is 10.1. The maximum Gasteiger partial charge on any atom is 0.279 e. The number of para-hydroxylation sites is 1. The third-order valence-electron chi connectivity index (χ3n) is 5.96. The van der Waals surface area contributed by atoms with Crippen LogP contribution in [-0.2, 0) is 16.3 Å².